The van der Waals surface area contributed by atoms with Gasteiger partial charge in [-0.25, -0.2) is 4.79 Å². The molecule has 1 aliphatic heterocycles. The van der Waals surface area contributed by atoms with Crippen molar-refractivity contribution in [1.29, 1.82) is 0 Å². The third kappa shape index (κ3) is 4.40. The van der Waals surface area contributed by atoms with Gasteiger partial charge in [-0.1, -0.05) is 66.1 Å². The molecule has 0 spiro atoms. The van der Waals surface area contributed by atoms with Gasteiger partial charge in [-0.2, -0.15) is 4.98 Å². The summed E-state index contributed by atoms with van der Waals surface area (Å²) >= 11 is 6.18. The highest BCUT2D eigenvalue weighted by molar-refractivity contribution is 6.30. The molecule has 0 bridgehead atoms. The number of allylic oxidation sites excluding steroid dienone is 1. The minimum atomic E-state index is -0.449. The molecule has 3 aromatic carbocycles. The Morgan fingerprint density at radius 2 is 1.81 bits per heavy atom. The molecule has 36 heavy (non-hydrogen) atoms. The average Bonchev–Trinajstić information content (AvgIpc) is 3.35. The van der Waals surface area contributed by atoms with Crippen LogP contribution >= 0.6 is 11.6 Å². The molecule has 0 saturated carbocycles. The Morgan fingerprint density at radius 3 is 2.56 bits per heavy atom. The molecule has 1 aliphatic rings. The van der Waals surface area contributed by atoms with Gasteiger partial charge in [0.2, 0.25) is 5.82 Å². The lowest BCUT2D eigenvalue weighted by atomic mass is 9.92. The summed E-state index contributed by atoms with van der Waals surface area (Å²) in [6.45, 7) is 8.14. The van der Waals surface area contributed by atoms with Gasteiger partial charge in [0.1, 0.15) is 0 Å². The summed E-state index contributed by atoms with van der Waals surface area (Å²) in [7, 11) is 0. The van der Waals surface area contributed by atoms with E-state index in [0.717, 1.165) is 45.6 Å². The van der Waals surface area contributed by atoms with Gasteiger partial charge in [-0.3, -0.25) is 4.90 Å². The number of nitrogens with zero attached hydrogens (tertiary/aromatic N) is 3. The van der Waals surface area contributed by atoms with Crippen LogP contribution in [0.5, 0.6) is 0 Å². The molecule has 2 heterocycles. The van der Waals surface area contributed by atoms with Crippen molar-refractivity contribution < 1.29 is 9.32 Å². The third-order valence-electron chi connectivity index (χ3n) is 6.67. The summed E-state index contributed by atoms with van der Waals surface area (Å²) < 4.78 is 5.80. The second kappa shape index (κ2) is 9.63. The van der Waals surface area contributed by atoms with E-state index in [1.165, 1.54) is 5.56 Å². The fraction of sp³-hybridized carbons (Fsp3) is 0.207. The smallest absolute Gasteiger partial charge is 0.326 e. The molecular weight excluding hydrogens is 472 g/mol. The van der Waals surface area contributed by atoms with Crippen molar-refractivity contribution in [3.8, 4) is 11.4 Å². The molecule has 0 aliphatic carbocycles. The van der Waals surface area contributed by atoms with Crippen LogP contribution in [0.4, 0.5) is 10.5 Å². The van der Waals surface area contributed by atoms with Crippen molar-refractivity contribution in [2.75, 3.05) is 4.90 Å². The number of carbonyl (C=O) groups excluding carboxylic acids is 1. The highest BCUT2D eigenvalue weighted by atomic mass is 35.5. The molecule has 6 nitrogen and oxygen atoms in total. The molecule has 182 valence electrons. The van der Waals surface area contributed by atoms with Gasteiger partial charge in [-0.15, -0.1) is 0 Å². The van der Waals surface area contributed by atoms with Crippen molar-refractivity contribution in [2.45, 2.75) is 40.2 Å². The zero-order valence-electron chi connectivity index (χ0n) is 20.7. The lowest BCUT2D eigenvalue weighted by Gasteiger charge is -2.35. The number of rotatable bonds is 5. The van der Waals surface area contributed by atoms with Crippen LogP contribution in [-0.4, -0.2) is 16.2 Å². The van der Waals surface area contributed by atoms with Crippen molar-refractivity contribution in [1.82, 2.24) is 15.5 Å². The second-order valence-corrected chi connectivity index (χ2v) is 9.45. The van der Waals surface area contributed by atoms with E-state index >= 15 is 0 Å². The van der Waals surface area contributed by atoms with Crippen LogP contribution in [0.3, 0.4) is 0 Å². The number of amides is 2. The SMILES string of the molecule is CCc1cccc(N2C(=O)NC(c3ccc(C)c(C)c3)C(c3nc(-c4cccc(Cl)c4)no3)=C2C)c1. The summed E-state index contributed by atoms with van der Waals surface area (Å²) in [5.74, 6) is 0.783. The molecule has 0 saturated heterocycles. The zero-order chi connectivity index (χ0) is 25.4. The number of carbonyl (C=O) groups is 1. The Labute approximate surface area is 215 Å². The van der Waals surface area contributed by atoms with E-state index in [0.29, 0.717) is 16.7 Å². The van der Waals surface area contributed by atoms with Gasteiger partial charge in [0, 0.05) is 16.3 Å². The first-order valence-corrected chi connectivity index (χ1v) is 12.3. The number of halogens is 1. The molecule has 1 atom stereocenters. The Kier molecular flexibility index (Phi) is 6.37. The molecule has 0 radical (unpaired) electrons. The van der Waals surface area contributed by atoms with Crippen molar-refractivity contribution >= 4 is 28.9 Å². The fourth-order valence-corrected chi connectivity index (χ4v) is 4.71. The number of urea groups is 1. The van der Waals surface area contributed by atoms with Gasteiger partial charge >= 0.3 is 6.03 Å². The molecule has 7 heteroatoms. The van der Waals surface area contributed by atoms with Crippen LogP contribution in [0.1, 0.15) is 48.0 Å². The lowest BCUT2D eigenvalue weighted by Crippen LogP contribution is -2.46. The molecule has 5 rings (SSSR count). The molecule has 2 amide bonds. The maximum Gasteiger partial charge on any atom is 0.326 e. The zero-order valence-corrected chi connectivity index (χ0v) is 21.4. The predicted molar refractivity (Wildman–Crippen MR) is 143 cm³/mol. The summed E-state index contributed by atoms with van der Waals surface area (Å²) in [5.41, 5.74) is 7.44. The van der Waals surface area contributed by atoms with Crippen LogP contribution in [-0.2, 0) is 6.42 Å². The Morgan fingerprint density at radius 1 is 1.00 bits per heavy atom. The van der Waals surface area contributed by atoms with Gasteiger partial charge in [0.05, 0.1) is 17.3 Å². The Bertz CT molecular complexity index is 1490. The summed E-state index contributed by atoms with van der Waals surface area (Å²) in [5, 5.41) is 8.01. The summed E-state index contributed by atoms with van der Waals surface area (Å²) in [6.07, 6.45) is 0.872. The van der Waals surface area contributed by atoms with Crippen LogP contribution in [0.25, 0.3) is 17.0 Å². The number of hydrogen-bond acceptors (Lipinski definition) is 4. The van der Waals surface area contributed by atoms with Gasteiger partial charge in [0.25, 0.3) is 5.89 Å². The van der Waals surface area contributed by atoms with E-state index in [4.69, 9.17) is 21.1 Å². The first kappa shape index (κ1) is 23.8. The second-order valence-electron chi connectivity index (χ2n) is 9.02. The Hall–Kier alpha value is -3.90. The van der Waals surface area contributed by atoms with E-state index in [2.05, 4.69) is 49.4 Å². The highest BCUT2D eigenvalue weighted by Gasteiger charge is 2.36. The topological polar surface area (TPSA) is 71.3 Å². The number of aryl methyl sites for hydroxylation is 3. The molecule has 4 aromatic rings. The number of hydrogen-bond donors (Lipinski definition) is 1. The van der Waals surface area contributed by atoms with E-state index < -0.39 is 6.04 Å². The molecular formula is C29H27ClN4O2. The largest absolute Gasteiger partial charge is 0.334 e. The third-order valence-corrected chi connectivity index (χ3v) is 6.90. The maximum atomic E-state index is 13.5. The standard InChI is InChI=1S/C29H27ClN4O2/c1-5-20-8-6-11-24(15-20)34-19(4)25(26(31-29(34)35)21-13-12-17(2)18(3)14-21)28-32-27(33-36-28)22-9-7-10-23(30)16-22/h6-16,26H,5H2,1-4H3,(H,31,35). The van der Waals surface area contributed by atoms with Crippen LogP contribution in [0.15, 0.2) is 77.0 Å². The van der Waals surface area contributed by atoms with Gasteiger partial charge < -0.3 is 9.84 Å². The van der Waals surface area contributed by atoms with E-state index in [-0.39, 0.29) is 6.03 Å². The maximum absolute atomic E-state index is 13.5. The Balaban J connectivity index is 1.67. The normalized spacial score (nSPS) is 15.9. The monoisotopic (exact) mass is 498 g/mol. The summed E-state index contributed by atoms with van der Waals surface area (Å²) in [4.78, 5) is 19.9. The number of anilines is 1. The molecule has 1 aromatic heterocycles. The number of benzene rings is 3. The highest BCUT2D eigenvalue weighted by Crippen LogP contribution is 2.39. The van der Waals surface area contributed by atoms with Crippen LogP contribution in [0, 0.1) is 13.8 Å². The molecule has 1 N–H and O–H groups in total. The van der Waals surface area contributed by atoms with E-state index in [1.807, 2.05) is 43.3 Å². The average molecular weight is 499 g/mol. The van der Waals surface area contributed by atoms with Gasteiger partial charge in [-0.05, 0) is 73.7 Å². The lowest BCUT2D eigenvalue weighted by molar-refractivity contribution is 0.244. The van der Waals surface area contributed by atoms with Crippen molar-refractivity contribution in [3.63, 3.8) is 0 Å². The van der Waals surface area contributed by atoms with Crippen LogP contribution in [0.2, 0.25) is 5.02 Å². The first-order valence-electron chi connectivity index (χ1n) is 11.9. The minimum Gasteiger partial charge on any atom is -0.334 e. The van der Waals surface area contributed by atoms with Gasteiger partial charge in [0.15, 0.2) is 0 Å². The van der Waals surface area contributed by atoms with E-state index in [1.54, 1.807) is 17.0 Å². The minimum absolute atomic E-state index is 0.206. The first-order chi connectivity index (χ1) is 17.4. The van der Waals surface area contributed by atoms with Crippen molar-refractivity contribution in [2.24, 2.45) is 0 Å². The van der Waals surface area contributed by atoms with Crippen molar-refractivity contribution in [3.05, 3.63) is 106 Å². The number of nitrogens with one attached hydrogen (secondary N) is 1. The van der Waals surface area contributed by atoms with Crippen LogP contribution < -0.4 is 10.2 Å². The fourth-order valence-electron chi connectivity index (χ4n) is 4.52. The molecule has 0 fully saturated rings. The van der Waals surface area contributed by atoms with E-state index in [9.17, 15) is 4.79 Å². The summed E-state index contributed by atoms with van der Waals surface area (Å²) in [6, 6.07) is 20.8. The predicted octanol–water partition coefficient (Wildman–Crippen LogP) is 7.27. The molecule has 1 unspecified atom stereocenters. The quantitative estimate of drug-likeness (QED) is 0.314. The number of aromatic nitrogens is 2.